The van der Waals surface area contributed by atoms with Gasteiger partial charge in [0.15, 0.2) is 29.0 Å². The summed E-state index contributed by atoms with van der Waals surface area (Å²) in [5, 5.41) is 10.8. The van der Waals surface area contributed by atoms with Crippen LogP contribution in [-0.4, -0.2) is 54.4 Å². The predicted molar refractivity (Wildman–Crippen MR) is 90.1 cm³/mol. The molecule has 13 heteroatoms. The Morgan fingerprint density at radius 3 is 3.04 bits per heavy atom. The van der Waals surface area contributed by atoms with Crippen molar-refractivity contribution in [3.05, 3.63) is 28.7 Å². The Morgan fingerprint density at radius 2 is 2.26 bits per heavy atom. The fourth-order valence-corrected chi connectivity index (χ4v) is 4.09. The van der Waals surface area contributed by atoms with Crippen LogP contribution in [0.2, 0.25) is 0 Å². The van der Waals surface area contributed by atoms with Crippen molar-refractivity contribution >= 4 is 25.7 Å². The second-order valence-electron chi connectivity index (χ2n) is 6.07. The van der Waals surface area contributed by atoms with Crippen molar-refractivity contribution in [3.8, 4) is 11.6 Å². The van der Waals surface area contributed by atoms with Gasteiger partial charge in [0.2, 0.25) is 5.95 Å². The van der Waals surface area contributed by atoms with Gasteiger partial charge in [-0.3, -0.25) is 14.3 Å². The Balaban J connectivity index is 1.70. The minimum Gasteiger partial charge on any atom is -0.461 e. The van der Waals surface area contributed by atoms with Crippen LogP contribution in [-0.2, 0) is 13.8 Å². The zero-order valence-electron chi connectivity index (χ0n) is 13.6. The first-order chi connectivity index (χ1) is 13.0. The number of anilines is 1. The van der Waals surface area contributed by atoms with Crippen molar-refractivity contribution in [3.63, 3.8) is 0 Å². The van der Waals surface area contributed by atoms with Gasteiger partial charge in [-0.25, -0.2) is 4.98 Å². The maximum atomic E-state index is 12.3. The molecule has 0 aromatic carbocycles. The van der Waals surface area contributed by atoms with Gasteiger partial charge >= 0.3 is 8.60 Å². The largest absolute Gasteiger partial charge is 0.461 e. The lowest BCUT2D eigenvalue weighted by Gasteiger charge is -2.27. The molecule has 0 spiro atoms. The van der Waals surface area contributed by atoms with E-state index in [-0.39, 0.29) is 29.5 Å². The van der Waals surface area contributed by atoms with Crippen molar-refractivity contribution in [2.45, 2.75) is 24.5 Å². The van der Waals surface area contributed by atoms with E-state index in [0.717, 1.165) is 0 Å². The Labute approximate surface area is 151 Å². The zero-order valence-corrected chi connectivity index (χ0v) is 14.4. The number of rotatable bonds is 2. The summed E-state index contributed by atoms with van der Waals surface area (Å²) in [6.45, 7) is 0.0549. The number of ether oxygens (including phenoxy) is 1. The van der Waals surface area contributed by atoms with Gasteiger partial charge in [0.05, 0.1) is 12.9 Å². The zero-order chi connectivity index (χ0) is 18.7. The van der Waals surface area contributed by atoms with Gasteiger partial charge in [0.25, 0.3) is 5.56 Å². The molecule has 0 aliphatic carbocycles. The van der Waals surface area contributed by atoms with Gasteiger partial charge in [-0.1, -0.05) is 0 Å². The predicted octanol–water partition coefficient (Wildman–Crippen LogP) is -0.145. The van der Waals surface area contributed by atoms with E-state index < -0.39 is 38.7 Å². The van der Waals surface area contributed by atoms with Crippen molar-refractivity contribution in [1.82, 2.24) is 19.5 Å². The molecular formula is C14H14N5O7P. The molecule has 0 bridgehead atoms. The quantitative estimate of drug-likeness (QED) is 0.428. The number of nitrogen functional groups attached to an aromatic ring is 1. The monoisotopic (exact) mass is 395 g/mol. The van der Waals surface area contributed by atoms with Gasteiger partial charge in [0.1, 0.15) is 18.3 Å². The molecule has 3 aromatic heterocycles. The summed E-state index contributed by atoms with van der Waals surface area (Å²) in [7, 11) is -2.09. The smallest absolute Gasteiger partial charge is 0.330 e. The molecule has 12 nitrogen and oxygen atoms in total. The number of aromatic amines is 1. The highest BCUT2D eigenvalue weighted by atomic mass is 31.2. The second-order valence-corrected chi connectivity index (χ2v) is 7.01. The number of aliphatic hydroxyl groups excluding tert-OH is 1. The number of H-pyrrole nitrogens is 1. The maximum absolute atomic E-state index is 12.3. The number of imidazole rings is 1. The van der Waals surface area contributed by atoms with Crippen LogP contribution in [0.25, 0.3) is 22.7 Å². The van der Waals surface area contributed by atoms with Crippen LogP contribution >= 0.6 is 8.60 Å². The number of aromatic nitrogens is 4. The molecular weight excluding hydrogens is 381 g/mol. The van der Waals surface area contributed by atoms with Crippen LogP contribution in [0, 0.1) is 0 Å². The molecule has 3 aromatic rings. The van der Waals surface area contributed by atoms with Gasteiger partial charge in [-0.05, 0) is 12.1 Å². The number of nitrogens with two attached hydrogens (primary N) is 1. The van der Waals surface area contributed by atoms with E-state index in [9.17, 15) is 14.8 Å². The highest BCUT2D eigenvalue weighted by Gasteiger charge is 2.50. The Morgan fingerprint density at radius 1 is 1.41 bits per heavy atom. The number of aliphatic hydroxyl groups is 1. The summed E-state index contributed by atoms with van der Waals surface area (Å²) in [6, 6.07) is 3.31. The highest BCUT2D eigenvalue weighted by Crippen LogP contribution is 2.47. The van der Waals surface area contributed by atoms with E-state index in [4.69, 9.17) is 23.9 Å². The van der Waals surface area contributed by atoms with E-state index in [0.29, 0.717) is 5.76 Å². The van der Waals surface area contributed by atoms with Crippen molar-refractivity contribution in [2.75, 3.05) is 12.3 Å². The minimum absolute atomic E-state index is 0.0165. The van der Waals surface area contributed by atoms with Crippen LogP contribution in [0.15, 0.2) is 27.6 Å². The number of nitrogens with one attached hydrogen (secondary N) is 1. The van der Waals surface area contributed by atoms with Crippen LogP contribution in [0.3, 0.4) is 0 Å². The summed E-state index contributed by atoms with van der Waals surface area (Å²) in [5.74, 6) is 0.467. The van der Waals surface area contributed by atoms with Crippen molar-refractivity contribution < 1.29 is 28.2 Å². The number of fused-ring (bicyclic) bond motifs is 2. The molecule has 5 rings (SSSR count). The number of nitrogens with zero attached hydrogens (tertiary/aromatic N) is 3. The third-order valence-electron chi connectivity index (χ3n) is 4.44. The Kier molecular flexibility index (Phi) is 3.79. The average Bonchev–Trinajstić information content (AvgIpc) is 3.33. The lowest BCUT2D eigenvalue weighted by atomic mass is 10.1. The second kappa shape index (κ2) is 6.09. The summed E-state index contributed by atoms with van der Waals surface area (Å²) >= 11 is 0. The fraction of sp³-hybridized carbons (Fsp3) is 0.357. The summed E-state index contributed by atoms with van der Waals surface area (Å²) in [5.41, 5.74) is 5.28. The standard InChI is InChI=1S/C14H14N5O7P/c15-14-17-11-7(12(21)18-14)16-10(5-2-1-3-23-5)19(11)13-8(20)9-6(25-13)4-24-27(22)26-9/h1-3,6,8-9,13,20,22H,4H2,(H3,15,17,18,21). The summed E-state index contributed by atoms with van der Waals surface area (Å²) < 4.78 is 23.1. The van der Waals surface area contributed by atoms with Gasteiger partial charge < -0.3 is 33.9 Å². The lowest BCUT2D eigenvalue weighted by Crippen LogP contribution is -2.38. The van der Waals surface area contributed by atoms with Crippen LogP contribution in [0.4, 0.5) is 5.95 Å². The molecule has 5 unspecified atom stereocenters. The molecule has 2 fully saturated rings. The molecule has 2 aliphatic rings. The fourth-order valence-electron chi connectivity index (χ4n) is 3.29. The van der Waals surface area contributed by atoms with Gasteiger partial charge in [-0.2, -0.15) is 4.98 Å². The normalized spacial score (nSPS) is 30.7. The molecule has 2 saturated heterocycles. The molecule has 2 aliphatic heterocycles. The molecule has 0 radical (unpaired) electrons. The van der Waals surface area contributed by atoms with E-state index in [2.05, 4.69) is 15.0 Å². The molecule has 0 amide bonds. The van der Waals surface area contributed by atoms with E-state index >= 15 is 0 Å². The first-order valence-corrected chi connectivity index (χ1v) is 9.10. The van der Waals surface area contributed by atoms with Gasteiger partial charge in [0, 0.05) is 0 Å². The summed E-state index contributed by atoms with van der Waals surface area (Å²) in [6.07, 6.45) is -2.15. The third-order valence-corrected chi connectivity index (χ3v) is 5.23. The topological polar surface area (TPSA) is 171 Å². The first-order valence-electron chi connectivity index (χ1n) is 7.97. The van der Waals surface area contributed by atoms with Crippen LogP contribution in [0.1, 0.15) is 6.23 Å². The lowest BCUT2D eigenvalue weighted by molar-refractivity contribution is -0.0582. The number of hydrogen-bond acceptors (Lipinski definition) is 10. The Hall–Kier alpha value is -2.34. The van der Waals surface area contributed by atoms with E-state index in [1.807, 2.05) is 0 Å². The SMILES string of the molecule is Nc1nc2c(nc(-c3ccco3)n2C2OC3COP(O)OC3C2O)c(=O)[nH]1. The first kappa shape index (κ1) is 16.8. The number of furan rings is 1. The van der Waals surface area contributed by atoms with Crippen LogP contribution < -0.4 is 11.3 Å². The summed E-state index contributed by atoms with van der Waals surface area (Å²) in [4.78, 5) is 32.7. The maximum Gasteiger partial charge on any atom is 0.330 e. The van der Waals surface area contributed by atoms with Crippen molar-refractivity contribution in [1.29, 1.82) is 0 Å². The molecule has 5 N–H and O–H groups in total. The molecule has 5 atom stereocenters. The highest BCUT2D eigenvalue weighted by molar-refractivity contribution is 7.40. The Bertz CT molecular complexity index is 1050. The van der Waals surface area contributed by atoms with Crippen molar-refractivity contribution in [2.24, 2.45) is 0 Å². The van der Waals surface area contributed by atoms with Gasteiger partial charge in [-0.15, -0.1) is 0 Å². The van der Waals surface area contributed by atoms with E-state index in [1.54, 1.807) is 12.1 Å². The molecule has 0 saturated carbocycles. The minimum atomic E-state index is -2.09. The molecule has 27 heavy (non-hydrogen) atoms. The van der Waals surface area contributed by atoms with Crippen LogP contribution in [0.5, 0.6) is 0 Å². The number of hydrogen-bond donors (Lipinski definition) is 4. The average molecular weight is 395 g/mol. The molecule has 142 valence electrons. The van der Waals surface area contributed by atoms with E-state index in [1.165, 1.54) is 10.8 Å². The third kappa shape index (κ3) is 2.57. The molecule has 5 heterocycles.